The largest absolute Gasteiger partial charge is 0.313 e. The van der Waals surface area contributed by atoms with Crippen LogP contribution in [-0.4, -0.2) is 31.3 Å². The molecule has 0 amide bonds. The maximum atomic E-state index is 6.86. The van der Waals surface area contributed by atoms with Gasteiger partial charge in [-0.1, -0.05) is 24.3 Å². The lowest BCUT2D eigenvalue weighted by atomic mass is 9.92. The normalized spacial score (nSPS) is 18.4. The average molecular weight is 192 g/mol. The molecule has 0 spiro atoms. The summed E-state index contributed by atoms with van der Waals surface area (Å²) >= 11 is 0. The lowest BCUT2D eigenvalue weighted by molar-refractivity contribution is 0.134. The summed E-state index contributed by atoms with van der Waals surface area (Å²) in [7, 11) is 2.16. The Balaban J connectivity index is 2.07. The van der Waals surface area contributed by atoms with Gasteiger partial charge in [0.2, 0.25) is 0 Å². The summed E-state index contributed by atoms with van der Waals surface area (Å²) in [6, 6.07) is 0. The molecule has 1 fully saturated rings. The van der Waals surface area contributed by atoms with Crippen molar-refractivity contribution in [1.82, 2.24) is 4.90 Å². The Hall–Kier alpha value is -0.890. The Morgan fingerprint density at radius 1 is 1.50 bits per heavy atom. The van der Waals surface area contributed by atoms with Crippen molar-refractivity contribution in [3.05, 3.63) is 24.3 Å². The molecule has 1 aliphatic heterocycles. The van der Waals surface area contributed by atoms with Gasteiger partial charge in [-0.25, -0.2) is 0 Å². The van der Waals surface area contributed by atoms with Crippen LogP contribution in [0.2, 0.25) is 0 Å². The van der Waals surface area contributed by atoms with Crippen molar-refractivity contribution < 1.29 is 0 Å². The average Bonchev–Trinajstić information content (AvgIpc) is 2.10. The van der Waals surface area contributed by atoms with Gasteiger partial charge in [-0.15, -0.1) is 0 Å². The van der Waals surface area contributed by atoms with Crippen LogP contribution in [0.3, 0.4) is 0 Å². The fraction of sp³-hybridized carbons (Fsp3) is 0.583. The summed E-state index contributed by atoms with van der Waals surface area (Å²) in [5, 5.41) is 6.86. The van der Waals surface area contributed by atoms with Crippen LogP contribution in [0.5, 0.6) is 0 Å². The van der Waals surface area contributed by atoms with Gasteiger partial charge in [-0.2, -0.15) is 0 Å². The molecule has 2 heteroatoms. The highest BCUT2D eigenvalue weighted by atomic mass is 15.2. The van der Waals surface area contributed by atoms with Crippen LogP contribution in [0.4, 0.5) is 0 Å². The first-order valence-electron chi connectivity index (χ1n) is 5.21. The molecule has 78 valence electrons. The van der Waals surface area contributed by atoms with Gasteiger partial charge in [0, 0.05) is 13.1 Å². The van der Waals surface area contributed by atoms with Crippen molar-refractivity contribution in [2.45, 2.75) is 19.3 Å². The van der Waals surface area contributed by atoms with Crippen molar-refractivity contribution in [1.29, 1.82) is 5.41 Å². The second-order valence-electron chi connectivity index (χ2n) is 4.16. The molecule has 0 atom stereocenters. The summed E-state index contributed by atoms with van der Waals surface area (Å²) in [6.45, 7) is 6.52. The molecule has 14 heavy (non-hydrogen) atoms. The quantitative estimate of drug-likeness (QED) is 0.508. The third kappa shape index (κ3) is 3.88. The van der Waals surface area contributed by atoms with E-state index in [-0.39, 0.29) is 0 Å². The van der Waals surface area contributed by atoms with Gasteiger partial charge in [0.05, 0.1) is 0 Å². The summed E-state index contributed by atoms with van der Waals surface area (Å²) in [5.41, 5.74) is 1.32. The van der Waals surface area contributed by atoms with E-state index in [1.807, 2.05) is 6.08 Å². The van der Waals surface area contributed by atoms with Crippen molar-refractivity contribution in [2.75, 3.05) is 20.1 Å². The standard InChI is InChI=1S/C12H20N2/c1-11(6-4-3-5-7-13)8-12-9-14(2)10-12/h3-4,7,12-13H,1,5-6,8-10H2,2H3. The predicted octanol–water partition coefficient (Wildman–Crippen LogP) is 2.48. The first kappa shape index (κ1) is 11.2. The van der Waals surface area contributed by atoms with Gasteiger partial charge in [0.1, 0.15) is 0 Å². The zero-order chi connectivity index (χ0) is 10.4. The molecular formula is C12H20N2. The Morgan fingerprint density at radius 2 is 2.21 bits per heavy atom. The van der Waals surface area contributed by atoms with Gasteiger partial charge in [-0.05, 0) is 38.4 Å². The zero-order valence-electron chi connectivity index (χ0n) is 9.00. The fourth-order valence-electron chi connectivity index (χ4n) is 1.86. The second kappa shape index (κ2) is 5.76. The van der Waals surface area contributed by atoms with Gasteiger partial charge in [0.25, 0.3) is 0 Å². The Morgan fingerprint density at radius 3 is 2.79 bits per heavy atom. The lowest BCUT2D eigenvalue weighted by Crippen LogP contribution is -2.43. The van der Waals surface area contributed by atoms with Crippen LogP contribution in [0, 0.1) is 11.3 Å². The smallest absolute Gasteiger partial charge is 0.00220 e. The third-order valence-electron chi connectivity index (χ3n) is 2.54. The number of hydrogen-bond acceptors (Lipinski definition) is 2. The molecule has 1 heterocycles. The van der Waals surface area contributed by atoms with E-state index in [4.69, 9.17) is 5.41 Å². The molecule has 0 aromatic carbocycles. The van der Waals surface area contributed by atoms with Crippen molar-refractivity contribution in [3.8, 4) is 0 Å². The van der Waals surface area contributed by atoms with Crippen LogP contribution < -0.4 is 0 Å². The van der Waals surface area contributed by atoms with Crippen molar-refractivity contribution >= 4 is 6.21 Å². The Labute approximate surface area is 86.8 Å². The number of likely N-dealkylation sites (tertiary alicyclic amines) is 1. The molecule has 1 aliphatic rings. The first-order chi connectivity index (χ1) is 6.72. The van der Waals surface area contributed by atoms with Crippen LogP contribution >= 0.6 is 0 Å². The minimum Gasteiger partial charge on any atom is -0.313 e. The minimum absolute atomic E-state index is 0.749. The maximum absolute atomic E-state index is 6.86. The number of nitrogens with one attached hydrogen (secondary N) is 1. The Kier molecular flexibility index (Phi) is 4.60. The molecule has 1 N–H and O–H groups in total. The van der Waals surface area contributed by atoms with Crippen LogP contribution in [0.1, 0.15) is 19.3 Å². The summed E-state index contributed by atoms with van der Waals surface area (Å²) < 4.78 is 0. The lowest BCUT2D eigenvalue weighted by Gasteiger charge is -2.36. The van der Waals surface area contributed by atoms with Crippen LogP contribution in [0.25, 0.3) is 0 Å². The SMILES string of the molecule is C=C(CC=CCC=N)CC1CN(C)C1. The van der Waals surface area contributed by atoms with E-state index in [2.05, 4.69) is 24.6 Å². The molecule has 2 nitrogen and oxygen atoms in total. The maximum Gasteiger partial charge on any atom is 0.00220 e. The summed E-state index contributed by atoms with van der Waals surface area (Å²) in [4.78, 5) is 2.34. The van der Waals surface area contributed by atoms with E-state index < -0.39 is 0 Å². The number of nitrogens with zero attached hydrogens (tertiary/aromatic N) is 1. The van der Waals surface area contributed by atoms with Gasteiger partial charge < -0.3 is 10.3 Å². The molecule has 0 unspecified atom stereocenters. The van der Waals surface area contributed by atoms with E-state index in [9.17, 15) is 0 Å². The second-order valence-corrected chi connectivity index (χ2v) is 4.16. The highest BCUT2D eigenvalue weighted by Gasteiger charge is 2.22. The molecule has 0 aliphatic carbocycles. The van der Waals surface area contributed by atoms with Crippen LogP contribution in [-0.2, 0) is 0 Å². The summed E-state index contributed by atoms with van der Waals surface area (Å²) in [5.74, 6) is 0.837. The van der Waals surface area contributed by atoms with Gasteiger partial charge >= 0.3 is 0 Å². The minimum atomic E-state index is 0.749. The van der Waals surface area contributed by atoms with E-state index in [1.54, 1.807) is 0 Å². The van der Waals surface area contributed by atoms with Gasteiger partial charge in [0.15, 0.2) is 0 Å². The molecule has 1 rings (SSSR count). The molecule has 0 bridgehead atoms. The molecule has 0 aromatic heterocycles. The number of allylic oxidation sites excluding steroid dienone is 3. The van der Waals surface area contributed by atoms with Crippen LogP contribution in [0.15, 0.2) is 24.3 Å². The molecule has 1 saturated heterocycles. The molecule has 0 saturated carbocycles. The monoisotopic (exact) mass is 192 g/mol. The Bertz CT molecular complexity index is 224. The van der Waals surface area contributed by atoms with E-state index >= 15 is 0 Å². The molecular weight excluding hydrogens is 172 g/mol. The van der Waals surface area contributed by atoms with E-state index in [0.29, 0.717) is 0 Å². The van der Waals surface area contributed by atoms with Gasteiger partial charge in [-0.3, -0.25) is 0 Å². The molecule has 0 aromatic rings. The number of hydrogen-bond donors (Lipinski definition) is 1. The molecule has 0 radical (unpaired) electrons. The highest BCUT2D eigenvalue weighted by Crippen LogP contribution is 2.22. The topological polar surface area (TPSA) is 27.1 Å². The third-order valence-corrected chi connectivity index (χ3v) is 2.54. The van der Waals surface area contributed by atoms with Crippen molar-refractivity contribution in [3.63, 3.8) is 0 Å². The number of rotatable bonds is 6. The summed E-state index contributed by atoms with van der Waals surface area (Å²) in [6.07, 6.45) is 8.47. The van der Waals surface area contributed by atoms with Crippen molar-refractivity contribution in [2.24, 2.45) is 5.92 Å². The highest BCUT2D eigenvalue weighted by molar-refractivity contribution is 5.55. The predicted molar refractivity (Wildman–Crippen MR) is 61.9 cm³/mol. The first-order valence-corrected chi connectivity index (χ1v) is 5.21. The zero-order valence-corrected chi connectivity index (χ0v) is 9.00. The van der Waals surface area contributed by atoms with E-state index in [0.717, 1.165) is 18.8 Å². The van der Waals surface area contributed by atoms with E-state index in [1.165, 1.54) is 31.3 Å². The fourth-order valence-corrected chi connectivity index (χ4v) is 1.86.